The summed E-state index contributed by atoms with van der Waals surface area (Å²) >= 11 is 17.7. The van der Waals surface area contributed by atoms with Crippen molar-refractivity contribution in [2.45, 2.75) is 6.54 Å². The highest BCUT2D eigenvalue weighted by Gasteiger charge is 2.06. The first-order chi connectivity index (χ1) is 7.56. The molecule has 0 amide bonds. The van der Waals surface area contributed by atoms with Crippen molar-refractivity contribution in [1.29, 1.82) is 0 Å². The molecule has 2 N–H and O–H groups in total. The van der Waals surface area contributed by atoms with Crippen LogP contribution in [0, 0.1) is 0 Å². The van der Waals surface area contributed by atoms with Crippen LogP contribution in [0.1, 0.15) is 5.56 Å². The van der Waals surface area contributed by atoms with Crippen LogP contribution in [0.15, 0.2) is 24.4 Å². The molecule has 0 fully saturated rings. The molecule has 0 saturated carbocycles. The zero-order valence-corrected chi connectivity index (χ0v) is 10.4. The molecule has 6 heteroatoms. The molecule has 16 heavy (non-hydrogen) atoms. The summed E-state index contributed by atoms with van der Waals surface area (Å²) < 4.78 is 1.62. The van der Waals surface area contributed by atoms with Crippen molar-refractivity contribution in [3.8, 4) is 0 Å². The topological polar surface area (TPSA) is 43.8 Å². The molecule has 1 heterocycles. The highest BCUT2D eigenvalue weighted by atomic mass is 35.5. The van der Waals surface area contributed by atoms with E-state index in [4.69, 9.17) is 40.5 Å². The Balaban J connectivity index is 2.29. The summed E-state index contributed by atoms with van der Waals surface area (Å²) in [5, 5.41) is 5.73. The standard InChI is InChI=1S/C10H8Cl3N3/c11-7-1-2-8(12)6(3-7)4-16-5-9(13)10(14)15-16/h1-3,5H,4H2,(H2,14,15). The van der Waals surface area contributed by atoms with Crippen molar-refractivity contribution in [2.24, 2.45) is 0 Å². The van der Waals surface area contributed by atoms with Gasteiger partial charge in [-0.2, -0.15) is 5.10 Å². The van der Waals surface area contributed by atoms with Crippen LogP contribution in [0.5, 0.6) is 0 Å². The zero-order chi connectivity index (χ0) is 11.7. The number of nitrogen functional groups attached to an aromatic ring is 1. The number of hydrogen-bond donors (Lipinski definition) is 1. The minimum absolute atomic E-state index is 0.305. The third-order valence-corrected chi connectivity index (χ3v) is 2.98. The van der Waals surface area contributed by atoms with Gasteiger partial charge in [0.25, 0.3) is 0 Å². The molecule has 1 aromatic carbocycles. The van der Waals surface area contributed by atoms with E-state index in [1.165, 1.54) is 0 Å². The van der Waals surface area contributed by atoms with E-state index >= 15 is 0 Å². The van der Waals surface area contributed by atoms with Gasteiger partial charge in [0.1, 0.15) is 5.02 Å². The molecule has 0 aliphatic heterocycles. The number of hydrogen-bond acceptors (Lipinski definition) is 2. The monoisotopic (exact) mass is 275 g/mol. The second-order valence-electron chi connectivity index (χ2n) is 3.30. The molecule has 2 aromatic rings. The summed E-state index contributed by atoms with van der Waals surface area (Å²) in [6.45, 7) is 0.482. The predicted octanol–water partition coefficient (Wildman–Crippen LogP) is 3.47. The van der Waals surface area contributed by atoms with Crippen LogP contribution in [0.4, 0.5) is 5.82 Å². The normalized spacial score (nSPS) is 10.7. The molecule has 0 aliphatic rings. The summed E-state index contributed by atoms with van der Waals surface area (Å²) in [5.74, 6) is 0.305. The molecule has 0 aliphatic carbocycles. The van der Waals surface area contributed by atoms with Crippen LogP contribution < -0.4 is 5.73 Å². The maximum absolute atomic E-state index is 6.03. The van der Waals surface area contributed by atoms with Gasteiger partial charge in [0.05, 0.1) is 6.54 Å². The highest BCUT2D eigenvalue weighted by Crippen LogP contribution is 2.22. The Morgan fingerprint density at radius 1 is 1.19 bits per heavy atom. The minimum Gasteiger partial charge on any atom is -0.381 e. The third-order valence-electron chi connectivity index (χ3n) is 2.08. The van der Waals surface area contributed by atoms with Gasteiger partial charge in [0, 0.05) is 16.2 Å². The van der Waals surface area contributed by atoms with Crippen LogP contribution in [0.3, 0.4) is 0 Å². The van der Waals surface area contributed by atoms with E-state index in [2.05, 4.69) is 5.10 Å². The van der Waals surface area contributed by atoms with E-state index in [1.54, 1.807) is 29.1 Å². The molecule has 0 radical (unpaired) electrons. The fourth-order valence-electron chi connectivity index (χ4n) is 1.33. The second kappa shape index (κ2) is 4.53. The van der Waals surface area contributed by atoms with Crippen molar-refractivity contribution in [3.05, 3.63) is 45.0 Å². The van der Waals surface area contributed by atoms with Crippen molar-refractivity contribution >= 4 is 40.6 Å². The van der Waals surface area contributed by atoms with Gasteiger partial charge < -0.3 is 5.73 Å². The van der Waals surface area contributed by atoms with Crippen molar-refractivity contribution in [1.82, 2.24) is 9.78 Å². The van der Waals surface area contributed by atoms with Gasteiger partial charge in [-0.15, -0.1) is 0 Å². The van der Waals surface area contributed by atoms with Crippen LogP contribution in [0.25, 0.3) is 0 Å². The quantitative estimate of drug-likeness (QED) is 0.912. The van der Waals surface area contributed by atoms with Gasteiger partial charge in [0.2, 0.25) is 0 Å². The lowest BCUT2D eigenvalue weighted by Crippen LogP contribution is -2.01. The van der Waals surface area contributed by atoms with Crippen molar-refractivity contribution < 1.29 is 0 Å². The molecule has 3 nitrogen and oxygen atoms in total. The van der Waals surface area contributed by atoms with Gasteiger partial charge in [-0.3, -0.25) is 4.68 Å². The van der Waals surface area contributed by atoms with Gasteiger partial charge in [0.15, 0.2) is 5.82 Å². The van der Waals surface area contributed by atoms with Crippen molar-refractivity contribution in [2.75, 3.05) is 5.73 Å². The molecule has 2 rings (SSSR count). The van der Waals surface area contributed by atoms with E-state index in [1.807, 2.05) is 0 Å². The first-order valence-corrected chi connectivity index (χ1v) is 5.62. The van der Waals surface area contributed by atoms with E-state index in [0.717, 1.165) is 5.56 Å². The maximum atomic E-state index is 6.03. The number of benzene rings is 1. The van der Waals surface area contributed by atoms with Crippen LogP contribution in [-0.2, 0) is 6.54 Å². The molecule has 0 spiro atoms. The average Bonchev–Trinajstić information content (AvgIpc) is 2.52. The number of aromatic nitrogens is 2. The van der Waals surface area contributed by atoms with Gasteiger partial charge >= 0.3 is 0 Å². The maximum Gasteiger partial charge on any atom is 0.164 e. The zero-order valence-electron chi connectivity index (χ0n) is 8.12. The summed E-state index contributed by atoms with van der Waals surface area (Å²) in [5.41, 5.74) is 6.41. The Kier molecular flexibility index (Phi) is 3.28. The van der Waals surface area contributed by atoms with Crippen molar-refractivity contribution in [3.63, 3.8) is 0 Å². The summed E-state index contributed by atoms with van der Waals surface area (Å²) in [6.07, 6.45) is 1.65. The molecule has 84 valence electrons. The molecular formula is C10H8Cl3N3. The minimum atomic E-state index is 0.305. The predicted molar refractivity (Wildman–Crippen MR) is 67.2 cm³/mol. The molecule has 1 aromatic heterocycles. The lowest BCUT2D eigenvalue weighted by atomic mass is 10.2. The lowest BCUT2D eigenvalue weighted by molar-refractivity contribution is 0.690. The summed E-state index contributed by atoms with van der Waals surface area (Å²) in [4.78, 5) is 0. The number of anilines is 1. The first kappa shape index (κ1) is 11.6. The highest BCUT2D eigenvalue weighted by molar-refractivity contribution is 6.33. The van der Waals surface area contributed by atoms with E-state index in [9.17, 15) is 0 Å². The number of rotatable bonds is 2. The van der Waals surface area contributed by atoms with Crippen LogP contribution >= 0.6 is 34.8 Å². The van der Waals surface area contributed by atoms with Gasteiger partial charge in [-0.25, -0.2) is 0 Å². The molecule has 0 unspecified atom stereocenters. The van der Waals surface area contributed by atoms with E-state index in [0.29, 0.717) is 27.4 Å². The van der Waals surface area contributed by atoms with Crippen LogP contribution in [-0.4, -0.2) is 9.78 Å². The SMILES string of the molecule is Nc1nn(Cc2cc(Cl)ccc2Cl)cc1Cl. The third kappa shape index (κ3) is 2.43. The first-order valence-electron chi connectivity index (χ1n) is 4.48. The molecular weight excluding hydrogens is 268 g/mol. The largest absolute Gasteiger partial charge is 0.381 e. The summed E-state index contributed by atoms with van der Waals surface area (Å²) in [6, 6.07) is 5.27. The lowest BCUT2D eigenvalue weighted by Gasteiger charge is -2.04. The Bertz CT molecular complexity index is 503. The van der Waals surface area contributed by atoms with Crippen LogP contribution in [0.2, 0.25) is 15.1 Å². The Hall–Kier alpha value is -0.900. The summed E-state index contributed by atoms with van der Waals surface area (Å²) in [7, 11) is 0. The smallest absolute Gasteiger partial charge is 0.164 e. The Morgan fingerprint density at radius 2 is 1.94 bits per heavy atom. The number of halogens is 3. The molecule has 0 bridgehead atoms. The molecule has 0 saturated heterocycles. The average molecular weight is 277 g/mol. The van der Waals surface area contributed by atoms with Gasteiger partial charge in [-0.1, -0.05) is 34.8 Å². The van der Waals surface area contributed by atoms with Gasteiger partial charge in [-0.05, 0) is 23.8 Å². The Labute approximate surface area is 108 Å². The van der Waals surface area contributed by atoms with E-state index in [-0.39, 0.29) is 0 Å². The number of nitrogens with two attached hydrogens (primary N) is 1. The second-order valence-corrected chi connectivity index (χ2v) is 4.55. The van der Waals surface area contributed by atoms with E-state index < -0.39 is 0 Å². The fraction of sp³-hybridized carbons (Fsp3) is 0.100. The molecule has 0 atom stereocenters. The number of nitrogens with zero attached hydrogens (tertiary/aromatic N) is 2. The fourth-order valence-corrected chi connectivity index (χ4v) is 1.85. The Morgan fingerprint density at radius 3 is 2.56 bits per heavy atom.